The van der Waals surface area contributed by atoms with Crippen LogP contribution >= 0.6 is 0 Å². The second-order valence-electron chi connectivity index (χ2n) is 10.7. The molecule has 2 aromatic carbocycles. The number of nitrogens with one attached hydrogen (secondary N) is 1. The summed E-state index contributed by atoms with van der Waals surface area (Å²) in [6.07, 6.45) is 4.56. The molecule has 0 unspecified atom stereocenters. The molecular weight excluding hydrogens is 464 g/mol. The van der Waals surface area contributed by atoms with E-state index in [0.29, 0.717) is 39.1 Å². The summed E-state index contributed by atoms with van der Waals surface area (Å²) in [5.74, 6) is 0.980. The maximum absolute atomic E-state index is 13.1. The average molecular weight is 507 g/mol. The molecule has 1 heterocycles. The predicted octanol–water partition coefficient (Wildman–Crippen LogP) is 4.50. The minimum Gasteiger partial charge on any atom is -0.496 e. The van der Waals surface area contributed by atoms with E-state index in [1.807, 2.05) is 76.5 Å². The molecule has 1 fully saturated rings. The van der Waals surface area contributed by atoms with Gasteiger partial charge in [0.05, 0.1) is 7.11 Å². The Morgan fingerprint density at radius 2 is 1.68 bits per heavy atom. The highest BCUT2D eigenvalue weighted by Crippen LogP contribution is 2.21. The van der Waals surface area contributed by atoms with Gasteiger partial charge in [-0.3, -0.25) is 9.69 Å². The Balaban J connectivity index is 1.50. The third-order valence-electron chi connectivity index (χ3n) is 6.43. The average Bonchev–Trinajstić information content (AvgIpc) is 2.89. The van der Waals surface area contributed by atoms with Crippen LogP contribution in [0, 0.1) is 5.41 Å². The van der Waals surface area contributed by atoms with Crippen molar-refractivity contribution in [2.24, 2.45) is 5.41 Å². The number of carbonyl (C=O) groups excluding carboxylic acids is 2. The van der Waals surface area contributed by atoms with Gasteiger partial charge in [0.25, 0.3) is 0 Å². The summed E-state index contributed by atoms with van der Waals surface area (Å²) < 4.78 is 5.44. The van der Waals surface area contributed by atoms with Crippen LogP contribution in [0.1, 0.15) is 38.3 Å². The van der Waals surface area contributed by atoms with Gasteiger partial charge >= 0.3 is 6.03 Å². The van der Waals surface area contributed by atoms with Crippen LogP contribution in [-0.4, -0.2) is 79.6 Å². The number of rotatable bonds is 10. The number of methoxy groups -OCH3 is 1. The minimum atomic E-state index is -0.0690. The van der Waals surface area contributed by atoms with E-state index >= 15 is 0 Å². The van der Waals surface area contributed by atoms with Gasteiger partial charge in [-0.2, -0.15) is 0 Å². The van der Waals surface area contributed by atoms with Crippen LogP contribution in [0.2, 0.25) is 0 Å². The summed E-state index contributed by atoms with van der Waals surface area (Å²) in [7, 11) is 1.67. The molecule has 1 N–H and O–H groups in total. The van der Waals surface area contributed by atoms with Crippen molar-refractivity contribution in [2.75, 3.05) is 52.9 Å². The standard InChI is InChI=1S/C30H42N4O3/c1-30(2,3)23-28(35)33(16-10-14-26-13-8-9-15-27(26)37-4)20-17-32-18-21-34(22-19-32)29(36)31-24-25-11-6-5-7-12-25/h5-15H,16-24H2,1-4H3,(H,31,36)/b14-10+. The first-order chi connectivity index (χ1) is 17.7. The van der Waals surface area contributed by atoms with Crippen molar-refractivity contribution in [3.63, 3.8) is 0 Å². The minimum absolute atomic E-state index is 0.0213. The maximum Gasteiger partial charge on any atom is 0.317 e. The van der Waals surface area contributed by atoms with E-state index in [4.69, 9.17) is 4.74 Å². The summed E-state index contributed by atoms with van der Waals surface area (Å²) in [4.78, 5) is 31.8. The van der Waals surface area contributed by atoms with Crippen molar-refractivity contribution in [3.8, 4) is 5.75 Å². The number of amides is 3. The lowest BCUT2D eigenvalue weighted by molar-refractivity contribution is -0.132. The third-order valence-corrected chi connectivity index (χ3v) is 6.43. The molecule has 1 aliphatic heterocycles. The number of ether oxygens (including phenoxy) is 1. The number of hydrogen-bond acceptors (Lipinski definition) is 4. The van der Waals surface area contributed by atoms with Gasteiger partial charge in [0.1, 0.15) is 5.75 Å². The van der Waals surface area contributed by atoms with Gasteiger partial charge in [0.15, 0.2) is 0 Å². The van der Waals surface area contributed by atoms with Gasteiger partial charge < -0.3 is 19.9 Å². The Morgan fingerprint density at radius 1 is 1.00 bits per heavy atom. The molecule has 0 atom stereocenters. The van der Waals surface area contributed by atoms with Crippen molar-refractivity contribution in [3.05, 3.63) is 71.8 Å². The van der Waals surface area contributed by atoms with Crippen LogP contribution < -0.4 is 10.1 Å². The molecule has 0 aliphatic carbocycles. The highest BCUT2D eigenvalue weighted by atomic mass is 16.5. The highest BCUT2D eigenvalue weighted by Gasteiger charge is 2.24. The zero-order valence-electron chi connectivity index (χ0n) is 22.8. The lowest BCUT2D eigenvalue weighted by atomic mass is 9.91. The molecule has 1 aliphatic rings. The lowest BCUT2D eigenvalue weighted by Gasteiger charge is -2.36. The molecule has 3 amide bonds. The first kappa shape index (κ1) is 28.3. The molecule has 1 saturated heterocycles. The van der Waals surface area contributed by atoms with Gasteiger partial charge in [-0.25, -0.2) is 4.79 Å². The van der Waals surface area contributed by atoms with Gasteiger partial charge in [-0.05, 0) is 17.0 Å². The number of piperazine rings is 1. The fraction of sp³-hybridized carbons (Fsp3) is 0.467. The van der Waals surface area contributed by atoms with Crippen LogP contribution in [0.4, 0.5) is 4.79 Å². The highest BCUT2D eigenvalue weighted by molar-refractivity contribution is 5.77. The maximum atomic E-state index is 13.1. The summed E-state index contributed by atoms with van der Waals surface area (Å²) in [6, 6.07) is 17.8. The van der Waals surface area contributed by atoms with E-state index in [1.54, 1.807) is 7.11 Å². The molecule has 37 heavy (non-hydrogen) atoms. The SMILES string of the molecule is COc1ccccc1/C=C/CN(CCN1CCN(C(=O)NCc2ccccc2)CC1)C(=O)CC(C)(C)C. The van der Waals surface area contributed by atoms with Gasteiger partial charge in [-0.15, -0.1) is 0 Å². The van der Waals surface area contributed by atoms with Crippen LogP contribution in [-0.2, 0) is 11.3 Å². The predicted molar refractivity (Wildman–Crippen MR) is 149 cm³/mol. The Morgan fingerprint density at radius 3 is 2.35 bits per heavy atom. The Bertz CT molecular complexity index is 1020. The first-order valence-electron chi connectivity index (χ1n) is 13.1. The fourth-order valence-corrected chi connectivity index (χ4v) is 4.32. The van der Waals surface area contributed by atoms with E-state index in [0.717, 1.165) is 36.5 Å². The fourth-order valence-electron chi connectivity index (χ4n) is 4.32. The molecule has 0 spiro atoms. The summed E-state index contributed by atoms with van der Waals surface area (Å²) in [5.41, 5.74) is 2.02. The number of nitrogens with zero attached hydrogens (tertiary/aromatic N) is 3. The number of urea groups is 1. The Kier molecular flexibility index (Phi) is 10.6. The number of hydrogen-bond donors (Lipinski definition) is 1. The van der Waals surface area contributed by atoms with Crippen molar-refractivity contribution >= 4 is 18.0 Å². The molecule has 7 nitrogen and oxygen atoms in total. The van der Waals surface area contributed by atoms with Gasteiger partial charge in [0, 0.05) is 64.3 Å². The smallest absolute Gasteiger partial charge is 0.317 e. The zero-order chi connectivity index (χ0) is 26.7. The van der Waals surface area contributed by atoms with Crippen LogP contribution in [0.15, 0.2) is 60.7 Å². The normalized spacial score (nSPS) is 14.5. The molecule has 3 rings (SSSR count). The van der Waals surface area contributed by atoms with E-state index in [2.05, 4.69) is 31.0 Å². The van der Waals surface area contributed by atoms with Crippen LogP contribution in [0.25, 0.3) is 6.08 Å². The Labute approximate surface area is 222 Å². The van der Waals surface area contributed by atoms with Crippen molar-refractivity contribution in [1.82, 2.24) is 20.0 Å². The molecule has 2 aromatic rings. The topological polar surface area (TPSA) is 65.1 Å². The summed E-state index contributed by atoms with van der Waals surface area (Å²) in [6.45, 7) is 11.8. The van der Waals surface area contributed by atoms with Gasteiger partial charge in [0.2, 0.25) is 5.91 Å². The molecular formula is C30H42N4O3. The second-order valence-corrected chi connectivity index (χ2v) is 10.7. The van der Waals surface area contributed by atoms with E-state index in [1.165, 1.54) is 0 Å². The number of carbonyl (C=O) groups is 2. The summed E-state index contributed by atoms with van der Waals surface area (Å²) in [5, 5.41) is 3.01. The van der Waals surface area contributed by atoms with Crippen LogP contribution in [0.3, 0.4) is 0 Å². The summed E-state index contributed by atoms with van der Waals surface area (Å²) >= 11 is 0. The van der Waals surface area contributed by atoms with Gasteiger partial charge in [-0.1, -0.05) is 81.5 Å². The van der Waals surface area contributed by atoms with Crippen molar-refractivity contribution < 1.29 is 14.3 Å². The second kappa shape index (κ2) is 13.8. The van der Waals surface area contributed by atoms with Crippen molar-refractivity contribution in [2.45, 2.75) is 33.7 Å². The molecule has 200 valence electrons. The molecule has 0 saturated carbocycles. The zero-order valence-corrected chi connectivity index (χ0v) is 22.8. The van der Waals surface area contributed by atoms with Crippen LogP contribution in [0.5, 0.6) is 5.75 Å². The number of benzene rings is 2. The molecule has 0 bridgehead atoms. The Hall–Kier alpha value is -3.32. The van der Waals surface area contributed by atoms with E-state index < -0.39 is 0 Å². The molecule has 7 heteroatoms. The molecule has 0 radical (unpaired) electrons. The van der Waals surface area contributed by atoms with E-state index in [-0.39, 0.29) is 17.4 Å². The first-order valence-corrected chi connectivity index (χ1v) is 13.1. The third kappa shape index (κ3) is 9.57. The number of para-hydroxylation sites is 1. The largest absolute Gasteiger partial charge is 0.496 e. The van der Waals surface area contributed by atoms with E-state index in [9.17, 15) is 9.59 Å². The quantitative estimate of drug-likeness (QED) is 0.515. The monoisotopic (exact) mass is 506 g/mol. The lowest BCUT2D eigenvalue weighted by Crippen LogP contribution is -2.53. The molecule has 0 aromatic heterocycles. The van der Waals surface area contributed by atoms with Crippen molar-refractivity contribution in [1.29, 1.82) is 0 Å².